The molecule has 31 heavy (non-hydrogen) atoms. The molecule has 0 bridgehead atoms. The average molecular weight is 473 g/mol. The van der Waals surface area contributed by atoms with E-state index in [1.54, 1.807) is 48.5 Å². The van der Waals surface area contributed by atoms with Gasteiger partial charge in [-0.15, -0.1) is 0 Å². The smallest absolute Gasteiger partial charge is 0.323 e. The molecule has 4 N–H and O–H groups in total. The molecule has 10 heteroatoms. The summed E-state index contributed by atoms with van der Waals surface area (Å²) in [7, 11) is 0. The van der Waals surface area contributed by atoms with E-state index in [-0.39, 0.29) is 10.8 Å². The van der Waals surface area contributed by atoms with E-state index in [2.05, 4.69) is 20.6 Å². The summed E-state index contributed by atoms with van der Waals surface area (Å²) in [5.41, 5.74) is 2.27. The van der Waals surface area contributed by atoms with Gasteiger partial charge in [0.1, 0.15) is 11.5 Å². The van der Waals surface area contributed by atoms with Crippen LogP contribution in [0.15, 0.2) is 63.8 Å². The number of nitrogens with one attached hydrogen (secondary N) is 4. The van der Waals surface area contributed by atoms with Crippen LogP contribution in [0.2, 0.25) is 10.0 Å². The molecule has 2 heterocycles. The predicted molar refractivity (Wildman–Crippen MR) is 126 cm³/mol. The van der Waals surface area contributed by atoms with E-state index in [0.29, 0.717) is 43.9 Å². The zero-order valence-corrected chi connectivity index (χ0v) is 18.0. The van der Waals surface area contributed by atoms with Crippen molar-refractivity contribution in [3.05, 3.63) is 80.9 Å². The lowest BCUT2D eigenvalue weighted by Gasteiger charge is -2.07. The zero-order valence-electron chi connectivity index (χ0n) is 15.7. The average Bonchev–Trinajstić information content (AvgIpc) is 3.33. The van der Waals surface area contributed by atoms with Crippen molar-refractivity contribution in [3.8, 4) is 11.3 Å². The Hall–Kier alpha value is -3.33. The zero-order chi connectivity index (χ0) is 22.0. The number of aromatic nitrogens is 2. The van der Waals surface area contributed by atoms with Gasteiger partial charge in [-0.25, -0.2) is 4.79 Å². The number of amides is 1. The van der Waals surface area contributed by atoms with Crippen molar-refractivity contribution in [2.45, 2.75) is 0 Å². The number of halogens is 2. The second-order valence-electron chi connectivity index (χ2n) is 6.42. The highest BCUT2D eigenvalue weighted by Gasteiger charge is 2.10. The van der Waals surface area contributed by atoms with Crippen molar-refractivity contribution in [1.29, 1.82) is 0 Å². The molecule has 2 aromatic carbocycles. The van der Waals surface area contributed by atoms with Crippen LogP contribution in [0.4, 0.5) is 5.69 Å². The van der Waals surface area contributed by atoms with Gasteiger partial charge in [0.25, 0.3) is 0 Å². The number of thiocarbonyl (C=S) groups is 1. The maximum absolute atomic E-state index is 12.2. The SMILES string of the molecule is O=C(C=Cc1ccc(-c2cccc(Cl)c2Cl)o1)NC(=S)Nc1ccc2[nH]c(=O)[nH]c2c1. The molecule has 0 aliphatic carbocycles. The molecule has 0 unspecified atom stereocenters. The van der Waals surface area contributed by atoms with Gasteiger partial charge in [-0.1, -0.05) is 29.3 Å². The number of H-pyrrole nitrogens is 2. The van der Waals surface area contributed by atoms with Gasteiger partial charge in [0, 0.05) is 17.3 Å². The minimum Gasteiger partial charge on any atom is -0.457 e. The van der Waals surface area contributed by atoms with Crippen molar-refractivity contribution in [1.82, 2.24) is 15.3 Å². The number of carbonyl (C=O) groups is 1. The van der Waals surface area contributed by atoms with Crippen LogP contribution < -0.4 is 16.3 Å². The molecule has 156 valence electrons. The van der Waals surface area contributed by atoms with Crippen LogP contribution >= 0.6 is 35.4 Å². The maximum Gasteiger partial charge on any atom is 0.323 e. The first kappa shape index (κ1) is 20.9. The predicted octanol–water partition coefficient (Wildman–Crippen LogP) is 4.95. The summed E-state index contributed by atoms with van der Waals surface area (Å²) in [5, 5.41) is 6.36. The molecule has 0 aliphatic rings. The van der Waals surface area contributed by atoms with E-state index in [9.17, 15) is 9.59 Å². The van der Waals surface area contributed by atoms with Crippen molar-refractivity contribution in [3.63, 3.8) is 0 Å². The van der Waals surface area contributed by atoms with Crippen molar-refractivity contribution in [2.24, 2.45) is 0 Å². The Bertz CT molecular complexity index is 1390. The van der Waals surface area contributed by atoms with Crippen LogP contribution in [0.1, 0.15) is 5.76 Å². The second-order valence-corrected chi connectivity index (χ2v) is 7.61. The number of imidazole rings is 1. The quantitative estimate of drug-likeness (QED) is 0.248. The third-order valence-corrected chi connectivity index (χ3v) is 5.28. The summed E-state index contributed by atoms with van der Waals surface area (Å²) >= 11 is 17.4. The van der Waals surface area contributed by atoms with Gasteiger partial charge in [-0.3, -0.25) is 10.1 Å². The van der Waals surface area contributed by atoms with E-state index in [0.717, 1.165) is 0 Å². The topological polar surface area (TPSA) is 103 Å². The normalized spacial score (nSPS) is 11.2. The molecule has 1 amide bonds. The highest BCUT2D eigenvalue weighted by molar-refractivity contribution is 7.80. The van der Waals surface area contributed by atoms with Gasteiger partial charge in [0.2, 0.25) is 5.91 Å². The summed E-state index contributed by atoms with van der Waals surface area (Å²) in [6.07, 6.45) is 2.81. The third kappa shape index (κ3) is 4.88. The molecular weight excluding hydrogens is 459 g/mol. The number of anilines is 1. The second kappa shape index (κ2) is 8.81. The molecule has 4 aromatic rings. The minimum atomic E-state index is -0.438. The summed E-state index contributed by atoms with van der Waals surface area (Å²) in [4.78, 5) is 28.8. The summed E-state index contributed by atoms with van der Waals surface area (Å²) in [5.74, 6) is 0.553. The number of aromatic amines is 2. The lowest BCUT2D eigenvalue weighted by Crippen LogP contribution is -2.32. The van der Waals surface area contributed by atoms with Crippen LogP contribution in [0.5, 0.6) is 0 Å². The van der Waals surface area contributed by atoms with Gasteiger partial charge in [-0.05, 0) is 60.8 Å². The third-order valence-electron chi connectivity index (χ3n) is 4.25. The largest absolute Gasteiger partial charge is 0.457 e. The molecule has 4 rings (SSSR count). The number of benzene rings is 2. The Morgan fingerprint density at radius 3 is 2.71 bits per heavy atom. The molecule has 0 atom stereocenters. The van der Waals surface area contributed by atoms with Crippen molar-refractivity contribution < 1.29 is 9.21 Å². The van der Waals surface area contributed by atoms with E-state index < -0.39 is 5.91 Å². The number of hydrogen-bond acceptors (Lipinski definition) is 4. The van der Waals surface area contributed by atoms with E-state index in [1.165, 1.54) is 12.2 Å². The fraction of sp³-hybridized carbons (Fsp3) is 0. The van der Waals surface area contributed by atoms with Gasteiger partial charge in [-0.2, -0.15) is 0 Å². The maximum atomic E-state index is 12.2. The fourth-order valence-corrected chi connectivity index (χ4v) is 3.48. The van der Waals surface area contributed by atoms with E-state index in [1.807, 2.05) is 0 Å². The van der Waals surface area contributed by atoms with E-state index >= 15 is 0 Å². The first-order valence-corrected chi connectivity index (χ1v) is 10.1. The van der Waals surface area contributed by atoms with Crippen molar-refractivity contribution >= 4 is 69.2 Å². The van der Waals surface area contributed by atoms with E-state index in [4.69, 9.17) is 39.8 Å². The monoisotopic (exact) mass is 472 g/mol. The molecule has 0 saturated carbocycles. The molecule has 0 fully saturated rings. The number of hydrogen-bond donors (Lipinski definition) is 4. The Morgan fingerprint density at radius 1 is 1.06 bits per heavy atom. The highest BCUT2D eigenvalue weighted by atomic mass is 35.5. The van der Waals surface area contributed by atoms with Gasteiger partial charge in [0.05, 0.1) is 21.1 Å². The molecule has 2 aromatic heterocycles. The Morgan fingerprint density at radius 2 is 1.87 bits per heavy atom. The summed E-state index contributed by atoms with van der Waals surface area (Å²) in [6, 6.07) is 13.8. The molecule has 0 saturated heterocycles. The lowest BCUT2D eigenvalue weighted by atomic mass is 10.2. The fourth-order valence-electron chi connectivity index (χ4n) is 2.87. The number of carbonyl (C=O) groups excluding carboxylic acids is 1. The summed E-state index contributed by atoms with van der Waals surface area (Å²) < 4.78 is 5.71. The Balaban J connectivity index is 1.37. The first-order valence-electron chi connectivity index (χ1n) is 8.95. The molecular formula is C21H14Cl2N4O3S. The van der Waals surface area contributed by atoms with Crippen LogP contribution in [0.3, 0.4) is 0 Å². The number of rotatable bonds is 4. The van der Waals surface area contributed by atoms with Crippen molar-refractivity contribution in [2.75, 3.05) is 5.32 Å². The Kier molecular flexibility index (Phi) is 5.94. The van der Waals surface area contributed by atoms with Crippen LogP contribution in [0.25, 0.3) is 28.4 Å². The van der Waals surface area contributed by atoms with Gasteiger partial charge < -0.3 is 19.7 Å². The van der Waals surface area contributed by atoms with Crippen LogP contribution in [-0.4, -0.2) is 21.0 Å². The standard InChI is InChI=1S/C21H14Cl2N4O3S/c22-14-3-1-2-13(19(14)23)17-8-5-12(30-17)6-9-18(28)27-21(31)24-11-4-7-15-16(10-11)26-20(29)25-15/h1-10H,(H2,25,26,29)(H2,24,27,28,31). The highest BCUT2D eigenvalue weighted by Crippen LogP contribution is 2.34. The number of fused-ring (bicyclic) bond motifs is 1. The first-order chi connectivity index (χ1) is 14.9. The number of furan rings is 1. The molecule has 0 radical (unpaired) electrons. The minimum absolute atomic E-state index is 0.109. The molecule has 0 aliphatic heterocycles. The lowest BCUT2D eigenvalue weighted by molar-refractivity contribution is -0.115. The van der Waals surface area contributed by atoms with Gasteiger partial charge >= 0.3 is 5.69 Å². The van der Waals surface area contributed by atoms with Crippen LogP contribution in [0, 0.1) is 0 Å². The summed E-state index contributed by atoms with van der Waals surface area (Å²) in [6.45, 7) is 0. The molecule has 7 nitrogen and oxygen atoms in total. The Labute approximate surface area is 191 Å². The van der Waals surface area contributed by atoms with Crippen LogP contribution in [-0.2, 0) is 4.79 Å². The molecule has 0 spiro atoms. The van der Waals surface area contributed by atoms with Gasteiger partial charge in [0.15, 0.2) is 5.11 Å².